The van der Waals surface area contributed by atoms with Crippen LogP contribution in [-0.2, 0) is 0 Å². The van der Waals surface area contributed by atoms with Crippen LogP contribution in [0.4, 0.5) is 0 Å². The van der Waals surface area contributed by atoms with Gasteiger partial charge in [-0.3, -0.25) is 4.79 Å². The topological polar surface area (TPSA) is 34.9 Å². The van der Waals surface area contributed by atoms with E-state index in [1.54, 1.807) is 0 Å². The fourth-order valence-electron chi connectivity index (χ4n) is 2.17. The summed E-state index contributed by atoms with van der Waals surface area (Å²) in [6, 6.07) is 8.10. The average Bonchev–Trinajstić information content (AvgIpc) is 2.85. The van der Waals surface area contributed by atoms with Crippen LogP contribution < -0.4 is 0 Å². The molecule has 0 N–H and O–H groups in total. The summed E-state index contributed by atoms with van der Waals surface area (Å²) in [4.78, 5) is 11.8. The van der Waals surface area contributed by atoms with E-state index in [2.05, 4.69) is 57.6 Å². The fourth-order valence-corrected chi connectivity index (χ4v) is 2.17. The standard InChI is InChI=1S/C17H20N2O/c1-6-17(20)14-10-15(11(2)3)19(18-14)16-9-12(4)7-8-13(16)5/h6-11H,1H2,2-5H3. The maximum Gasteiger partial charge on any atom is 0.205 e. The molecule has 1 heterocycles. The minimum atomic E-state index is -0.143. The first-order chi connectivity index (χ1) is 9.43. The molecular weight excluding hydrogens is 248 g/mol. The Morgan fingerprint density at radius 2 is 2.00 bits per heavy atom. The Kier molecular flexibility index (Phi) is 3.89. The van der Waals surface area contributed by atoms with Crippen LogP contribution in [-0.4, -0.2) is 15.6 Å². The molecule has 0 aliphatic carbocycles. The average molecular weight is 268 g/mol. The molecule has 20 heavy (non-hydrogen) atoms. The van der Waals surface area contributed by atoms with Crippen molar-refractivity contribution in [3.63, 3.8) is 0 Å². The van der Waals surface area contributed by atoms with Crippen LogP contribution in [0.5, 0.6) is 0 Å². The van der Waals surface area contributed by atoms with E-state index >= 15 is 0 Å². The summed E-state index contributed by atoms with van der Waals surface area (Å²) in [5.74, 6) is 0.143. The van der Waals surface area contributed by atoms with Crippen molar-refractivity contribution in [3.8, 4) is 5.69 Å². The van der Waals surface area contributed by atoms with E-state index < -0.39 is 0 Å². The minimum Gasteiger partial charge on any atom is -0.287 e. The highest BCUT2D eigenvalue weighted by atomic mass is 16.1. The van der Waals surface area contributed by atoms with E-state index in [-0.39, 0.29) is 11.7 Å². The quantitative estimate of drug-likeness (QED) is 0.621. The molecule has 0 bridgehead atoms. The Balaban J connectivity index is 2.65. The second-order valence-electron chi connectivity index (χ2n) is 5.38. The number of ketones is 1. The van der Waals surface area contributed by atoms with Crippen molar-refractivity contribution in [1.82, 2.24) is 9.78 Å². The van der Waals surface area contributed by atoms with Gasteiger partial charge in [-0.2, -0.15) is 5.10 Å². The number of rotatable bonds is 4. The van der Waals surface area contributed by atoms with Gasteiger partial charge in [0.1, 0.15) is 5.69 Å². The zero-order chi connectivity index (χ0) is 14.9. The summed E-state index contributed by atoms with van der Waals surface area (Å²) in [6.45, 7) is 11.8. The summed E-state index contributed by atoms with van der Waals surface area (Å²) in [5.41, 5.74) is 4.82. The van der Waals surface area contributed by atoms with Gasteiger partial charge in [0.2, 0.25) is 5.78 Å². The number of allylic oxidation sites excluding steroid dienone is 1. The van der Waals surface area contributed by atoms with E-state index in [9.17, 15) is 4.79 Å². The number of aryl methyl sites for hydroxylation is 2. The van der Waals surface area contributed by atoms with Crippen LogP contribution in [0.3, 0.4) is 0 Å². The first kappa shape index (κ1) is 14.3. The monoisotopic (exact) mass is 268 g/mol. The second kappa shape index (κ2) is 5.45. The number of nitrogens with zero attached hydrogens (tertiary/aromatic N) is 2. The molecule has 104 valence electrons. The highest BCUT2D eigenvalue weighted by molar-refractivity contribution is 6.02. The third-order valence-corrected chi connectivity index (χ3v) is 3.36. The molecule has 0 saturated carbocycles. The molecule has 2 rings (SSSR count). The van der Waals surface area contributed by atoms with Crippen LogP contribution in [0, 0.1) is 13.8 Å². The van der Waals surface area contributed by atoms with Crippen molar-refractivity contribution in [2.24, 2.45) is 0 Å². The predicted molar refractivity (Wildman–Crippen MR) is 81.7 cm³/mol. The second-order valence-corrected chi connectivity index (χ2v) is 5.38. The van der Waals surface area contributed by atoms with Gasteiger partial charge in [-0.05, 0) is 49.1 Å². The van der Waals surface area contributed by atoms with Gasteiger partial charge in [-0.25, -0.2) is 4.68 Å². The molecule has 2 aromatic rings. The molecule has 3 heteroatoms. The number of hydrogen-bond donors (Lipinski definition) is 0. The summed E-state index contributed by atoms with van der Waals surface area (Å²) in [6.07, 6.45) is 1.31. The molecular formula is C17H20N2O. The summed E-state index contributed by atoms with van der Waals surface area (Å²) in [7, 11) is 0. The lowest BCUT2D eigenvalue weighted by Gasteiger charge is -2.13. The first-order valence-electron chi connectivity index (χ1n) is 6.78. The summed E-state index contributed by atoms with van der Waals surface area (Å²) < 4.78 is 1.88. The largest absolute Gasteiger partial charge is 0.287 e. The number of hydrogen-bond acceptors (Lipinski definition) is 2. The van der Waals surface area contributed by atoms with Crippen molar-refractivity contribution in [1.29, 1.82) is 0 Å². The first-order valence-corrected chi connectivity index (χ1v) is 6.78. The van der Waals surface area contributed by atoms with Crippen molar-refractivity contribution >= 4 is 5.78 Å². The highest BCUT2D eigenvalue weighted by Crippen LogP contribution is 2.23. The van der Waals surface area contributed by atoms with Crippen LogP contribution in [0.2, 0.25) is 0 Å². The van der Waals surface area contributed by atoms with Gasteiger partial charge in [0, 0.05) is 5.69 Å². The van der Waals surface area contributed by atoms with E-state index in [4.69, 9.17) is 0 Å². The van der Waals surface area contributed by atoms with Crippen LogP contribution >= 0.6 is 0 Å². The molecule has 3 nitrogen and oxygen atoms in total. The van der Waals surface area contributed by atoms with Gasteiger partial charge in [-0.1, -0.05) is 32.6 Å². The summed E-state index contributed by atoms with van der Waals surface area (Å²) >= 11 is 0. The molecule has 0 unspecified atom stereocenters. The Labute approximate surface area is 119 Å². The van der Waals surface area contributed by atoms with Gasteiger partial charge < -0.3 is 0 Å². The van der Waals surface area contributed by atoms with Gasteiger partial charge in [-0.15, -0.1) is 0 Å². The van der Waals surface area contributed by atoms with Crippen LogP contribution in [0.1, 0.15) is 47.1 Å². The smallest absolute Gasteiger partial charge is 0.205 e. The lowest BCUT2D eigenvalue weighted by Crippen LogP contribution is -2.06. The minimum absolute atomic E-state index is 0.143. The third kappa shape index (κ3) is 2.57. The van der Waals surface area contributed by atoms with Gasteiger partial charge in [0.05, 0.1) is 5.69 Å². The number of carbonyl (C=O) groups excluding carboxylic acids is 1. The van der Waals surface area contributed by atoms with Crippen molar-refractivity contribution in [2.75, 3.05) is 0 Å². The van der Waals surface area contributed by atoms with Crippen LogP contribution in [0.25, 0.3) is 5.69 Å². The van der Waals surface area contributed by atoms with Crippen LogP contribution in [0.15, 0.2) is 36.9 Å². The maximum absolute atomic E-state index is 11.8. The number of aromatic nitrogens is 2. The molecule has 1 aromatic carbocycles. The molecule has 0 saturated heterocycles. The van der Waals surface area contributed by atoms with E-state index in [1.807, 2.05) is 10.7 Å². The van der Waals surface area contributed by atoms with Crippen molar-refractivity contribution in [3.05, 3.63) is 59.4 Å². The van der Waals surface area contributed by atoms with E-state index in [0.29, 0.717) is 5.69 Å². The SMILES string of the molecule is C=CC(=O)c1cc(C(C)C)n(-c2cc(C)ccc2C)n1. The number of benzene rings is 1. The molecule has 0 atom stereocenters. The fraction of sp³-hybridized carbons (Fsp3) is 0.294. The molecule has 0 radical (unpaired) electrons. The Morgan fingerprint density at radius 1 is 1.30 bits per heavy atom. The van der Waals surface area contributed by atoms with Gasteiger partial charge >= 0.3 is 0 Å². The van der Waals surface area contributed by atoms with Crippen molar-refractivity contribution < 1.29 is 4.79 Å². The van der Waals surface area contributed by atoms with Crippen molar-refractivity contribution in [2.45, 2.75) is 33.6 Å². The predicted octanol–water partition coefficient (Wildman–Crippen LogP) is 3.98. The Hall–Kier alpha value is -2.16. The number of carbonyl (C=O) groups is 1. The van der Waals surface area contributed by atoms with E-state index in [1.165, 1.54) is 11.6 Å². The molecule has 0 fully saturated rings. The maximum atomic E-state index is 11.8. The lowest BCUT2D eigenvalue weighted by atomic mass is 10.1. The molecule has 1 aromatic heterocycles. The molecule has 0 aliphatic heterocycles. The Morgan fingerprint density at radius 3 is 2.60 bits per heavy atom. The zero-order valence-electron chi connectivity index (χ0n) is 12.5. The Bertz CT molecular complexity index is 666. The molecule has 0 spiro atoms. The molecule has 0 amide bonds. The zero-order valence-corrected chi connectivity index (χ0v) is 12.5. The van der Waals surface area contributed by atoms with E-state index in [0.717, 1.165) is 16.9 Å². The van der Waals surface area contributed by atoms with Gasteiger partial charge in [0.15, 0.2) is 0 Å². The highest BCUT2D eigenvalue weighted by Gasteiger charge is 2.16. The third-order valence-electron chi connectivity index (χ3n) is 3.36. The summed E-state index contributed by atoms with van der Waals surface area (Å²) in [5, 5.41) is 4.47. The normalized spacial score (nSPS) is 10.8. The van der Waals surface area contributed by atoms with Gasteiger partial charge in [0.25, 0.3) is 0 Å². The lowest BCUT2D eigenvalue weighted by molar-refractivity contribution is 0.104. The molecule has 0 aliphatic rings.